The molecule has 3 rings (SSSR count). The molecule has 0 atom stereocenters. The van der Waals surface area contributed by atoms with E-state index in [-0.39, 0.29) is 10.8 Å². The molecule has 0 spiro atoms. The number of likely N-dealkylation sites (tertiary alicyclic amines) is 1. The van der Waals surface area contributed by atoms with E-state index in [1.807, 2.05) is 11.8 Å². The molecule has 6 heteroatoms. The van der Waals surface area contributed by atoms with Crippen LogP contribution in [0.4, 0.5) is 5.69 Å². The van der Waals surface area contributed by atoms with Crippen LogP contribution in [0.3, 0.4) is 0 Å². The molecule has 25 heavy (non-hydrogen) atoms. The molecule has 0 radical (unpaired) electrons. The number of hydrogen-bond acceptors (Lipinski definition) is 3. The molecule has 0 saturated carbocycles. The molecule has 132 valence electrons. The van der Waals surface area contributed by atoms with E-state index in [1.54, 1.807) is 48.5 Å². The third kappa shape index (κ3) is 4.02. The fourth-order valence-corrected chi connectivity index (χ4v) is 4.09. The van der Waals surface area contributed by atoms with E-state index in [9.17, 15) is 13.2 Å². The number of sulfonamides is 1. The summed E-state index contributed by atoms with van der Waals surface area (Å²) in [5, 5.41) is 0. The molecule has 1 fully saturated rings. The van der Waals surface area contributed by atoms with E-state index in [2.05, 4.69) is 4.72 Å². The first-order chi connectivity index (χ1) is 12.0. The van der Waals surface area contributed by atoms with Crippen molar-refractivity contribution in [1.82, 2.24) is 4.90 Å². The van der Waals surface area contributed by atoms with Crippen molar-refractivity contribution in [2.24, 2.45) is 0 Å². The van der Waals surface area contributed by atoms with Gasteiger partial charge in [-0.3, -0.25) is 9.52 Å². The van der Waals surface area contributed by atoms with Gasteiger partial charge in [-0.25, -0.2) is 8.42 Å². The van der Waals surface area contributed by atoms with Gasteiger partial charge in [0.1, 0.15) is 0 Å². The minimum absolute atomic E-state index is 0.0418. The Labute approximate surface area is 148 Å². The summed E-state index contributed by atoms with van der Waals surface area (Å²) in [4.78, 5) is 14.7. The topological polar surface area (TPSA) is 66.5 Å². The number of aryl methyl sites for hydroxylation is 1. The minimum atomic E-state index is -3.68. The zero-order valence-corrected chi connectivity index (χ0v) is 15.1. The fourth-order valence-electron chi connectivity index (χ4n) is 2.95. The molecular formula is C19H22N2O3S. The van der Waals surface area contributed by atoms with E-state index in [1.165, 1.54) is 0 Å². The maximum Gasteiger partial charge on any atom is 0.261 e. The van der Waals surface area contributed by atoms with Crippen LogP contribution in [0.5, 0.6) is 0 Å². The van der Waals surface area contributed by atoms with Crippen molar-refractivity contribution in [3.63, 3.8) is 0 Å². The number of nitrogens with one attached hydrogen (secondary N) is 1. The Morgan fingerprint density at radius 1 is 1.00 bits per heavy atom. The maximum absolute atomic E-state index is 12.6. The van der Waals surface area contributed by atoms with Crippen LogP contribution in [-0.2, 0) is 10.0 Å². The third-order valence-corrected chi connectivity index (χ3v) is 5.81. The highest BCUT2D eigenvalue weighted by molar-refractivity contribution is 7.92. The number of hydrogen-bond donors (Lipinski definition) is 1. The first kappa shape index (κ1) is 17.5. The van der Waals surface area contributed by atoms with Gasteiger partial charge in [0, 0.05) is 18.7 Å². The lowest BCUT2D eigenvalue weighted by Crippen LogP contribution is -2.35. The van der Waals surface area contributed by atoms with Crippen LogP contribution in [0.15, 0.2) is 53.4 Å². The molecule has 1 heterocycles. The molecule has 1 N–H and O–H groups in total. The van der Waals surface area contributed by atoms with Gasteiger partial charge in [0.2, 0.25) is 0 Å². The molecule has 0 aliphatic carbocycles. The van der Waals surface area contributed by atoms with Crippen LogP contribution >= 0.6 is 0 Å². The summed E-state index contributed by atoms with van der Waals surface area (Å²) in [6.07, 6.45) is 3.19. The van der Waals surface area contributed by atoms with Crippen LogP contribution in [0.2, 0.25) is 0 Å². The van der Waals surface area contributed by atoms with E-state index < -0.39 is 10.0 Å². The van der Waals surface area contributed by atoms with Crippen LogP contribution in [0.25, 0.3) is 0 Å². The summed E-state index contributed by atoms with van der Waals surface area (Å²) in [7, 11) is -3.68. The average Bonchev–Trinajstić information content (AvgIpc) is 2.64. The summed E-state index contributed by atoms with van der Waals surface area (Å²) in [6.45, 7) is 3.34. The lowest BCUT2D eigenvalue weighted by atomic mass is 10.1. The lowest BCUT2D eigenvalue weighted by Gasteiger charge is -2.27. The predicted octanol–water partition coefficient (Wildman–Crippen LogP) is 3.42. The first-order valence-corrected chi connectivity index (χ1v) is 9.93. The number of nitrogens with zero attached hydrogens (tertiary/aromatic N) is 1. The van der Waals surface area contributed by atoms with Crippen molar-refractivity contribution in [2.75, 3.05) is 17.8 Å². The minimum Gasteiger partial charge on any atom is -0.339 e. The smallest absolute Gasteiger partial charge is 0.261 e. The SMILES string of the molecule is Cc1ccc(C(=O)N2CCCCC2)cc1NS(=O)(=O)c1ccccc1. The Balaban J connectivity index is 1.86. The molecule has 1 aliphatic heterocycles. The zero-order chi connectivity index (χ0) is 17.9. The molecule has 1 saturated heterocycles. The number of carbonyl (C=O) groups excluding carboxylic acids is 1. The summed E-state index contributed by atoms with van der Waals surface area (Å²) in [6, 6.07) is 13.4. The second kappa shape index (κ2) is 7.27. The van der Waals surface area contributed by atoms with E-state index >= 15 is 0 Å². The quantitative estimate of drug-likeness (QED) is 0.911. The predicted molar refractivity (Wildman–Crippen MR) is 98.2 cm³/mol. The summed E-state index contributed by atoms with van der Waals surface area (Å²) in [5.74, 6) is -0.0418. The van der Waals surface area contributed by atoms with Gasteiger partial charge in [-0.2, -0.15) is 0 Å². The van der Waals surface area contributed by atoms with Crippen molar-refractivity contribution in [2.45, 2.75) is 31.1 Å². The third-order valence-electron chi connectivity index (χ3n) is 4.43. The second-order valence-electron chi connectivity index (χ2n) is 6.30. The van der Waals surface area contributed by atoms with Crippen molar-refractivity contribution in [3.05, 3.63) is 59.7 Å². The second-order valence-corrected chi connectivity index (χ2v) is 7.98. The van der Waals surface area contributed by atoms with Gasteiger partial charge >= 0.3 is 0 Å². The van der Waals surface area contributed by atoms with Crippen LogP contribution in [0, 0.1) is 6.92 Å². The Kier molecular flexibility index (Phi) is 5.08. The van der Waals surface area contributed by atoms with Crippen LogP contribution < -0.4 is 4.72 Å². The Morgan fingerprint density at radius 3 is 2.36 bits per heavy atom. The number of carbonyl (C=O) groups is 1. The summed E-state index contributed by atoms with van der Waals surface area (Å²) >= 11 is 0. The number of rotatable bonds is 4. The number of benzene rings is 2. The van der Waals surface area contributed by atoms with E-state index in [4.69, 9.17) is 0 Å². The normalized spacial score (nSPS) is 15.0. The van der Waals surface area contributed by atoms with Crippen molar-refractivity contribution in [3.8, 4) is 0 Å². The van der Waals surface area contributed by atoms with Crippen molar-refractivity contribution >= 4 is 21.6 Å². The van der Waals surface area contributed by atoms with Gasteiger partial charge in [-0.15, -0.1) is 0 Å². The van der Waals surface area contributed by atoms with Crippen LogP contribution in [-0.4, -0.2) is 32.3 Å². The highest BCUT2D eigenvalue weighted by Crippen LogP contribution is 2.23. The van der Waals surface area contributed by atoms with E-state index in [0.717, 1.165) is 37.9 Å². The lowest BCUT2D eigenvalue weighted by molar-refractivity contribution is 0.0724. The van der Waals surface area contributed by atoms with Gasteiger partial charge in [0.25, 0.3) is 15.9 Å². The fraction of sp³-hybridized carbons (Fsp3) is 0.316. The highest BCUT2D eigenvalue weighted by atomic mass is 32.2. The number of anilines is 1. The molecule has 5 nitrogen and oxygen atoms in total. The molecule has 1 amide bonds. The van der Waals surface area contributed by atoms with E-state index in [0.29, 0.717) is 11.3 Å². The summed E-state index contributed by atoms with van der Waals surface area (Å²) < 4.78 is 27.7. The molecular weight excluding hydrogens is 336 g/mol. The van der Waals surface area contributed by atoms with Gasteiger partial charge in [0.15, 0.2) is 0 Å². The zero-order valence-electron chi connectivity index (χ0n) is 14.2. The molecule has 2 aromatic carbocycles. The van der Waals surface area contributed by atoms with Crippen molar-refractivity contribution in [1.29, 1.82) is 0 Å². The molecule has 1 aliphatic rings. The molecule has 0 bridgehead atoms. The summed E-state index contributed by atoms with van der Waals surface area (Å²) in [5.41, 5.74) is 1.72. The standard InChI is InChI=1S/C19H22N2O3S/c1-15-10-11-16(19(22)21-12-6-3-7-13-21)14-18(15)20-25(23,24)17-8-4-2-5-9-17/h2,4-5,8-11,14,20H,3,6-7,12-13H2,1H3. The Morgan fingerprint density at radius 2 is 1.68 bits per heavy atom. The van der Waals surface area contributed by atoms with Gasteiger partial charge in [-0.1, -0.05) is 24.3 Å². The average molecular weight is 358 g/mol. The largest absolute Gasteiger partial charge is 0.339 e. The van der Waals surface area contributed by atoms with Crippen molar-refractivity contribution < 1.29 is 13.2 Å². The molecule has 2 aromatic rings. The number of amides is 1. The molecule has 0 aromatic heterocycles. The van der Waals surface area contributed by atoms with Gasteiger partial charge in [0.05, 0.1) is 10.6 Å². The Hall–Kier alpha value is -2.34. The Bertz CT molecular complexity index is 857. The maximum atomic E-state index is 12.6. The van der Waals surface area contributed by atoms with Crippen LogP contribution in [0.1, 0.15) is 35.2 Å². The highest BCUT2D eigenvalue weighted by Gasteiger charge is 2.20. The number of piperidine rings is 1. The molecule has 0 unspecified atom stereocenters. The first-order valence-electron chi connectivity index (χ1n) is 8.45. The monoisotopic (exact) mass is 358 g/mol. The van der Waals surface area contributed by atoms with Gasteiger partial charge in [-0.05, 0) is 56.0 Å². The van der Waals surface area contributed by atoms with Gasteiger partial charge < -0.3 is 4.90 Å².